The minimum absolute atomic E-state index is 0.206. The predicted molar refractivity (Wildman–Crippen MR) is 78.6 cm³/mol. The third-order valence-electron chi connectivity index (χ3n) is 3.96. The molecule has 2 aromatic rings. The number of para-hydroxylation sites is 2. The number of benzene rings is 2. The zero-order chi connectivity index (χ0) is 13.4. The number of hydrogen-bond acceptors (Lipinski definition) is 3. The van der Waals surface area contributed by atoms with E-state index in [1.54, 1.807) is 0 Å². The lowest BCUT2D eigenvalue weighted by Gasteiger charge is -2.28. The van der Waals surface area contributed by atoms with Crippen molar-refractivity contribution in [2.24, 2.45) is 0 Å². The lowest BCUT2D eigenvalue weighted by molar-refractivity contribution is 0.282. The van der Waals surface area contributed by atoms with Crippen LogP contribution in [0.4, 0.5) is 5.69 Å². The van der Waals surface area contributed by atoms with E-state index in [9.17, 15) is 0 Å². The minimum atomic E-state index is 0.206. The Hall–Kier alpha value is -2.16. The van der Waals surface area contributed by atoms with Crippen molar-refractivity contribution >= 4 is 5.69 Å². The van der Waals surface area contributed by atoms with Gasteiger partial charge in [0.2, 0.25) is 0 Å². The highest BCUT2D eigenvalue weighted by atomic mass is 16.5. The van der Waals surface area contributed by atoms with Gasteiger partial charge in [-0.1, -0.05) is 18.2 Å². The molecule has 3 nitrogen and oxygen atoms in total. The third kappa shape index (κ3) is 1.99. The molecule has 0 bridgehead atoms. The summed E-state index contributed by atoms with van der Waals surface area (Å²) >= 11 is 0. The average Bonchev–Trinajstić information content (AvgIpc) is 2.54. The second kappa shape index (κ2) is 4.75. The van der Waals surface area contributed by atoms with E-state index >= 15 is 0 Å². The van der Waals surface area contributed by atoms with Gasteiger partial charge < -0.3 is 14.8 Å². The van der Waals surface area contributed by atoms with Crippen molar-refractivity contribution in [3.8, 4) is 11.5 Å². The maximum atomic E-state index is 5.84. The summed E-state index contributed by atoms with van der Waals surface area (Å²) in [7, 11) is 0. The Morgan fingerprint density at radius 1 is 1.00 bits per heavy atom. The van der Waals surface area contributed by atoms with Crippen LogP contribution in [0.25, 0.3) is 0 Å². The van der Waals surface area contributed by atoms with Crippen molar-refractivity contribution in [3.63, 3.8) is 0 Å². The smallest absolute Gasteiger partial charge is 0.142 e. The molecule has 0 amide bonds. The first-order valence-corrected chi connectivity index (χ1v) is 7.14. The SMILES string of the molecule is c1ccc2c(c1)NC(c1ccc3c(c1)CCCO3)CO2. The lowest BCUT2D eigenvalue weighted by Crippen LogP contribution is -2.24. The van der Waals surface area contributed by atoms with Gasteiger partial charge in [-0.05, 0) is 48.2 Å². The van der Waals surface area contributed by atoms with Crippen LogP contribution in [0.1, 0.15) is 23.6 Å². The molecule has 2 aliphatic heterocycles. The highest BCUT2D eigenvalue weighted by molar-refractivity contribution is 5.59. The average molecular weight is 267 g/mol. The molecule has 102 valence electrons. The molecule has 4 rings (SSSR count). The largest absolute Gasteiger partial charge is 0.493 e. The van der Waals surface area contributed by atoms with E-state index in [1.807, 2.05) is 18.2 Å². The van der Waals surface area contributed by atoms with Gasteiger partial charge in [0.1, 0.15) is 18.1 Å². The Kier molecular flexibility index (Phi) is 2.76. The van der Waals surface area contributed by atoms with Crippen molar-refractivity contribution in [1.82, 2.24) is 0 Å². The molecule has 1 atom stereocenters. The van der Waals surface area contributed by atoms with Gasteiger partial charge in [0, 0.05) is 0 Å². The van der Waals surface area contributed by atoms with Gasteiger partial charge >= 0.3 is 0 Å². The molecule has 0 saturated carbocycles. The van der Waals surface area contributed by atoms with E-state index < -0.39 is 0 Å². The summed E-state index contributed by atoms with van der Waals surface area (Å²) in [4.78, 5) is 0. The van der Waals surface area contributed by atoms with Crippen LogP contribution >= 0.6 is 0 Å². The number of nitrogens with one attached hydrogen (secondary N) is 1. The van der Waals surface area contributed by atoms with Crippen LogP contribution < -0.4 is 14.8 Å². The monoisotopic (exact) mass is 267 g/mol. The fourth-order valence-electron chi connectivity index (χ4n) is 2.89. The molecule has 0 spiro atoms. The molecule has 2 aliphatic rings. The fourth-order valence-corrected chi connectivity index (χ4v) is 2.89. The summed E-state index contributed by atoms with van der Waals surface area (Å²) in [6, 6.07) is 14.8. The van der Waals surface area contributed by atoms with Gasteiger partial charge in [0.15, 0.2) is 0 Å². The van der Waals surface area contributed by atoms with Gasteiger partial charge in [-0.25, -0.2) is 0 Å². The molecule has 0 saturated heterocycles. The molecule has 1 unspecified atom stereocenters. The Bertz CT molecular complexity index is 639. The van der Waals surface area contributed by atoms with Gasteiger partial charge in [-0.3, -0.25) is 0 Å². The summed E-state index contributed by atoms with van der Waals surface area (Å²) < 4.78 is 11.5. The molecular weight excluding hydrogens is 250 g/mol. The highest BCUT2D eigenvalue weighted by Gasteiger charge is 2.21. The number of fused-ring (bicyclic) bond motifs is 2. The molecule has 0 radical (unpaired) electrons. The van der Waals surface area contributed by atoms with Gasteiger partial charge in [-0.2, -0.15) is 0 Å². The summed E-state index contributed by atoms with van der Waals surface area (Å²) in [6.45, 7) is 1.50. The van der Waals surface area contributed by atoms with E-state index in [1.165, 1.54) is 11.1 Å². The normalized spacial score (nSPS) is 19.9. The molecule has 3 heteroatoms. The van der Waals surface area contributed by atoms with Crippen LogP contribution in [0.2, 0.25) is 0 Å². The molecule has 2 aromatic carbocycles. The van der Waals surface area contributed by atoms with Gasteiger partial charge in [0.05, 0.1) is 18.3 Å². The molecular formula is C17H17NO2. The van der Waals surface area contributed by atoms with Crippen molar-refractivity contribution in [3.05, 3.63) is 53.6 Å². The lowest BCUT2D eigenvalue weighted by atomic mass is 9.99. The van der Waals surface area contributed by atoms with E-state index in [0.717, 1.165) is 36.6 Å². The topological polar surface area (TPSA) is 30.5 Å². The Balaban J connectivity index is 1.63. The molecule has 0 aromatic heterocycles. The summed E-state index contributed by atoms with van der Waals surface area (Å²) in [6.07, 6.45) is 2.21. The van der Waals surface area contributed by atoms with Crippen molar-refractivity contribution < 1.29 is 9.47 Å². The van der Waals surface area contributed by atoms with Crippen LogP contribution in [-0.4, -0.2) is 13.2 Å². The number of ether oxygens (including phenoxy) is 2. The zero-order valence-electron chi connectivity index (χ0n) is 11.3. The number of rotatable bonds is 1. The Morgan fingerprint density at radius 3 is 2.95 bits per heavy atom. The first-order valence-electron chi connectivity index (χ1n) is 7.14. The first-order chi connectivity index (χ1) is 9.90. The zero-order valence-corrected chi connectivity index (χ0v) is 11.3. The molecule has 1 N–H and O–H groups in total. The predicted octanol–water partition coefficient (Wildman–Crippen LogP) is 3.56. The first kappa shape index (κ1) is 11.6. The molecule has 20 heavy (non-hydrogen) atoms. The van der Waals surface area contributed by atoms with Crippen molar-refractivity contribution in [1.29, 1.82) is 0 Å². The van der Waals surface area contributed by atoms with E-state index in [0.29, 0.717) is 6.61 Å². The van der Waals surface area contributed by atoms with Crippen LogP contribution in [0.15, 0.2) is 42.5 Å². The van der Waals surface area contributed by atoms with Gasteiger partial charge in [-0.15, -0.1) is 0 Å². The number of anilines is 1. The van der Waals surface area contributed by atoms with Crippen LogP contribution in [0, 0.1) is 0 Å². The number of hydrogen-bond donors (Lipinski definition) is 1. The maximum absolute atomic E-state index is 5.84. The molecule has 0 fully saturated rings. The Morgan fingerprint density at radius 2 is 1.95 bits per heavy atom. The van der Waals surface area contributed by atoms with Crippen molar-refractivity contribution in [2.75, 3.05) is 18.5 Å². The highest BCUT2D eigenvalue weighted by Crippen LogP contribution is 2.35. The summed E-state index contributed by atoms with van der Waals surface area (Å²) in [5.41, 5.74) is 3.65. The van der Waals surface area contributed by atoms with Crippen molar-refractivity contribution in [2.45, 2.75) is 18.9 Å². The standard InChI is InChI=1S/C17H17NO2/c1-2-6-17-14(5-1)18-15(11-20-17)12-7-8-16-13(10-12)4-3-9-19-16/h1-2,5-8,10,15,18H,3-4,9,11H2. The van der Waals surface area contributed by atoms with Crippen LogP contribution in [0.3, 0.4) is 0 Å². The second-order valence-electron chi connectivity index (χ2n) is 5.32. The fraction of sp³-hybridized carbons (Fsp3) is 0.294. The number of aryl methyl sites for hydroxylation is 1. The molecule has 0 aliphatic carbocycles. The Labute approximate surface area is 118 Å². The summed E-state index contributed by atoms with van der Waals surface area (Å²) in [5.74, 6) is 1.97. The van der Waals surface area contributed by atoms with E-state index in [-0.39, 0.29) is 6.04 Å². The molecule has 2 heterocycles. The van der Waals surface area contributed by atoms with E-state index in [2.05, 4.69) is 29.6 Å². The summed E-state index contributed by atoms with van der Waals surface area (Å²) in [5, 5.41) is 3.55. The third-order valence-corrected chi connectivity index (χ3v) is 3.96. The minimum Gasteiger partial charge on any atom is -0.493 e. The second-order valence-corrected chi connectivity index (χ2v) is 5.32. The quantitative estimate of drug-likeness (QED) is 0.857. The van der Waals surface area contributed by atoms with Crippen LogP contribution in [-0.2, 0) is 6.42 Å². The van der Waals surface area contributed by atoms with Gasteiger partial charge in [0.25, 0.3) is 0 Å². The van der Waals surface area contributed by atoms with Crippen LogP contribution in [0.5, 0.6) is 11.5 Å². The van der Waals surface area contributed by atoms with E-state index in [4.69, 9.17) is 9.47 Å². The maximum Gasteiger partial charge on any atom is 0.142 e.